The molecule has 0 fully saturated rings. The van der Waals surface area contributed by atoms with Gasteiger partial charge in [-0.3, -0.25) is 9.59 Å². The van der Waals surface area contributed by atoms with E-state index >= 15 is 0 Å². The Labute approximate surface area is 135 Å². The zero-order chi connectivity index (χ0) is 16.6. The van der Waals surface area contributed by atoms with Gasteiger partial charge in [-0.1, -0.05) is 45.4 Å². The van der Waals surface area contributed by atoms with Gasteiger partial charge in [-0.2, -0.15) is 0 Å². The van der Waals surface area contributed by atoms with Gasteiger partial charge >= 0.3 is 11.9 Å². The summed E-state index contributed by atoms with van der Waals surface area (Å²) in [6.07, 6.45) is 12.3. The number of carbonyl (C=O) groups is 2. The molecule has 0 aliphatic rings. The lowest BCUT2D eigenvalue weighted by Gasteiger charge is -2.17. The van der Waals surface area contributed by atoms with Crippen LogP contribution in [0.1, 0.15) is 91.4 Å². The van der Waals surface area contributed by atoms with Crippen molar-refractivity contribution in [2.75, 3.05) is 6.61 Å². The van der Waals surface area contributed by atoms with E-state index in [0.29, 0.717) is 6.61 Å². The van der Waals surface area contributed by atoms with Crippen LogP contribution in [0.5, 0.6) is 0 Å². The SMILES string of the molecule is CCCCCC[C@@H](CCCCCCCOC(C)=O)OC(C)=O. The van der Waals surface area contributed by atoms with Crippen molar-refractivity contribution < 1.29 is 19.1 Å². The summed E-state index contributed by atoms with van der Waals surface area (Å²) < 4.78 is 10.3. The van der Waals surface area contributed by atoms with Gasteiger partial charge in [-0.15, -0.1) is 0 Å². The molecule has 0 saturated carbocycles. The monoisotopic (exact) mass is 314 g/mol. The Morgan fingerprint density at radius 3 is 1.86 bits per heavy atom. The lowest BCUT2D eigenvalue weighted by Crippen LogP contribution is -2.16. The van der Waals surface area contributed by atoms with Crippen LogP contribution in [0, 0.1) is 0 Å². The molecule has 0 unspecified atom stereocenters. The Bertz CT molecular complexity index is 289. The molecule has 0 aliphatic heterocycles. The fourth-order valence-electron chi connectivity index (χ4n) is 2.52. The summed E-state index contributed by atoms with van der Waals surface area (Å²) in [5, 5.41) is 0. The van der Waals surface area contributed by atoms with Gasteiger partial charge in [0.25, 0.3) is 0 Å². The molecule has 0 spiro atoms. The van der Waals surface area contributed by atoms with E-state index in [-0.39, 0.29) is 18.0 Å². The Morgan fingerprint density at radius 2 is 1.32 bits per heavy atom. The van der Waals surface area contributed by atoms with E-state index in [1.54, 1.807) is 0 Å². The van der Waals surface area contributed by atoms with Crippen molar-refractivity contribution in [2.45, 2.75) is 97.5 Å². The number of hydrogen-bond donors (Lipinski definition) is 0. The fourth-order valence-corrected chi connectivity index (χ4v) is 2.52. The third-order valence-corrected chi connectivity index (χ3v) is 3.69. The molecule has 0 N–H and O–H groups in total. The zero-order valence-electron chi connectivity index (χ0n) is 14.7. The molecular weight excluding hydrogens is 280 g/mol. The number of hydrogen-bond acceptors (Lipinski definition) is 4. The predicted octanol–water partition coefficient (Wildman–Crippen LogP) is 4.79. The van der Waals surface area contributed by atoms with Gasteiger partial charge in [0.05, 0.1) is 6.61 Å². The van der Waals surface area contributed by atoms with Crippen LogP contribution in [0.2, 0.25) is 0 Å². The quantitative estimate of drug-likeness (QED) is 0.341. The van der Waals surface area contributed by atoms with E-state index in [1.165, 1.54) is 33.1 Å². The molecule has 22 heavy (non-hydrogen) atoms. The number of carbonyl (C=O) groups excluding carboxylic acids is 2. The first-order valence-corrected chi connectivity index (χ1v) is 8.86. The highest BCUT2D eigenvalue weighted by atomic mass is 16.5. The minimum Gasteiger partial charge on any atom is -0.466 e. The van der Waals surface area contributed by atoms with Crippen molar-refractivity contribution in [3.63, 3.8) is 0 Å². The smallest absolute Gasteiger partial charge is 0.302 e. The summed E-state index contributed by atoms with van der Waals surface area (Å²) in [5.74, 6) is -0.367. The molecule has 4 heteroatoms. The second kappa shape index (κ2) is 14.9. The highest BCUT2D eigenvalue weighted by Crippen LogP contribution is 2.16. The second-order valence-electron chi connectivity index (χ2n) is 5.98. The lowest BCUT2D eigenvalue weighted by atomic mass is 10.0. The molecule has 1 atom stereocenters. The first-order chi connectivity index (χ1) is 10.6. The van der Waals surface area contributed by atoms with E-state index in [0.717, 1.165) is 51.4 Å². The largest absolute Gasteiger partial charge is 0.466 e. The van der Waals surface area contributed by atoms with Crippen molar-refractivity contribution in [1.29, 1.82) is 0 Å². The number of ether oxygens (including phenoxy) is 2. The van der Waals surface area contributed by atoms with Gasteiger partial charge in [-0.05, 0) is 32.1 Å². The van der Waals surface area contributed by atoms with Gasteiger partial charge in [-0.25, -0.2) is 0 Å². The van der Waals surface area contributed by atoms with Crippen LogP contribution in [0.25, 0.3) is 0 Å². The molecule has 0 aromatic rings. The molecule has 0 aromatic heterocycles. The summed E-state index contributed by atoms with van der Waals surface area (Å²) >= 11 is 0. The predicted molar refractivity (Wildman–Crippen MR) is 88.6 cm³/mol. The maximum Gasteiger partial charge on any atom is 0.302 e. The Balaban J connectivity index is 3.61. The molecule has 0 aliphatic carbocycles. The minimum atomic E-state index is -0.202. The van der Waals surface area contributed by atoms with Crippen LogP contribution in [-0.4, -0.2) is 24.6 Å². The van der Waals surface area contributed by atoms with Crippen LogP contribution in [0.15, 0.2) is 0 Å². The van der Waals surface area contributed by atoms with Crippen molar-refractivity contribution >= 4 is 11.9 Å². The third-order valence-electron chi connectivity index (χ3n) is 3.69. The average molecular weight is 314 g/mol. The Kier molecular flexibility index (Phi) is 14.1. The highest BCUT2D eigenvalue weighted by Gasteiger charge is 2.11. The van der Waals surface area contributed by atoms with Crippen LogP contribution < -0.4 is 0 Å². The fraction of sp³-hybridized carbons (Fsp3) is 0.889. The molecule has 0 saturated heterocycles. The Morgan fingerprint density at radius 1 is 0.773 bits per heavy atom. The second-order valence-corrected chi connectivity index (χ2v) is 5.98. The van der Waals surface area contributed by atoms with Crippen LogP contribution in [-0.2, 0) is 19.1 Å². The summed E-state index contributed by atoms with van der Waals surface area (Å²) in [6, 6.07) is 0. The standard InChI is InChI=1S/C18H34O4/c1-4-5-6-10-13-18(22-17(3)20)14-11-8-7-9-12-15-21-16(2)19/h18H,4-15H2,1-3H3/t18-/m0/s1. The van der Waals surface area contributed by atoms with E-state index < -0.39 is 0 Å². The maximum absolute atomic E-state index is 11.1. The van der Waals surface area contributed by atoms with Gasteiger partial charge in [0.15, 0.2) is 0 Å². The number of unbranched alkanes of at least 4 members (excludes halogenated alkanes) is 7. The van der Waals surface area contributed by atoms with Crippen molar-refractivity contribution in [2.24, 2.45) is 0 Å². The molecule has 0 bridgehead atoms. The van der Waals surface area contributed by atoms with Gasteiger partial charge in [0.1, 0.15) is 6.10 Å². The van der Waals surface area contributed by atoms with Crippen LogP contribution >= 0.6 is 0 Å². The average Bonchev–Trinajstić information content (AvgIpc) is 2.45. The molecule has 0 aromatic carbocycles. The molecule has 0 rings (SSSR count). The third kappa shape index (κ3) is 15.3. The van der Waals surface area contributed by atoms with Crippen molar-refractivity contribution in [3.05, 3.63) is 0 Å². The van der Waals surface area contributed by atoms with Crippen LogP contribution in [0.3, 0.4) is 0 Å². The maximum atomic E-state index is 11.1. The lowest BCUT2D eigenvalue weighted by molar-refractivity contribution is -0.147. The topological polar surface area (TPSA) is 52.6 Å². The highest BCUT2D eigenvalue weighted by molar-refractivity contribution is 5.66. The molecular formula is C18H34O4. The normalized spacial score (nSPS) is 12.0. The summed E-state index contributed by atoms with van der Waals surface area (Å²) in [6.45, 7) is 5.66. The zero-order valence-corrected chi connectivity index (χ0v) is 14.7. The minimum absolute atomic E-state index is 0.0930. The van der Waals surface area contributed by atoms with Gasteiger partial charge in [0.2, 0.25) is 0 Å². The van der Waals surface area contributed by atoms with Crippen molar-refractivity contribution in [3.8, 4) is 0 Å². The summed E-state index contributed by atoms with van der Waals surface area (Å²) in [7, 11) is 0. The van der Waals surface area contributed by atoms with Gasteiger partial charge in [0, 0.05) is 13.8 Å². The summed E-state index contributed by atoms with van der Waals surface area (Å²) in [4.78, 5) is 21.7. The molecule has 0 amide bonds. The Hall–Kier alpha value is -1.06. The van der Waals surface area contributed by atoms with Crippen LogP contribution in [0.4, 0.5) is 0 Å². The van der Waals surface area contributed by atoms with E-state index in [1.807, 2.05) is 0 Å². The van der Waals surface area contributed by atoms with Gasteiger partial charge < -0.3 is 9.47 Å². The number of esters is 2. The summed E-state index contributed by atoms with van der Waals surface area (Å²) in [5.41, 5.74) is 0. The van der Waals surface area contributed by atoms with E-state index in [4.69, 9.17) is 9.47 Å². The first kappa shape index (κ1) is 20.9. The molecule has 130 valence electrons. The van der Waals surface area contributed by atoms with Crippen molar-refractivity contribution in [1.82, 2.24) is 0 Å². The first-order valence-electron chi connectivity index (χ1n) is 8.86. The number of rotatable bonds is 14. The molecule has 0 radical (unpaired) electrons. The molecule has 4 nitrogen and oxygen atoms in total. The molecule has 0 heterocycles. The van der Waals surface area contributed by atoms with E-state index in [2.05, 4.69) is 6.92 Å². The van der Waals surface area contributed by atoms with E-state index in [9.17, 15) is 9.59 Å².